The zero-order valence-electron chi connectivity index (χ0n) is 6.14. The minimum atomic E-state index is 0.701. The minimum absolute atomic E-state index is 0.701. The van der Waals surface area contributed by atoms with E-state index in [0.29, 0.717) is 5.16 Å². The average molecular weight is 178 g/mol. The van der Waals surface area contributed by atoms with Crippen molar-refractivity contribution >= 4 is 11.8 Å². The summed E-state index contributed by atoms with van der Waals surface area (Å²) in [6, 6.07) is 1.78. The zero-order valence-corrected chi connectivity index (χ0v) is 6.95. The molecule has 2 heterocycles. The fraction of sp³-hybridized carbons (Fsp3) is 0. The van der Waals surface area contributed by atoms with Crippen LogP contribution in [0, 0.1) is 0 Å². The van der Waals surface area contributed by atoms with E-state index in [9.17, 15) is 0 Å². The van der Waals surface area contributed by atoms with Gasteiger partial charge in [-0.2, -0.15) is 0 Å². The molecule has 60 valence electrons. The Morgan fingerprint density at radius 3 is 2.58 bits per heavy atom. The Morgan fingerprint density at radius 2 is 1.92 bits per heavy atom. The smallest absolute Gasteiger partial charge is 0.195 e. The fourth-order valence-electron chi connectivity index (χ4n) is 0.731. The molecule has 0 aliphatic carbocycles. The molecule has 0 aromatic carbocycles. The summed E-state index contributed by atoms with van der Waals surface area (Å²) < 4.78 is 0. The fourth-order valence-corrected chi connectivity index (χ4v) is 1.37. The Kier molecular flexibility index (Phi) is 2.04. The highest BCUT2D eigenvalue weighted by Gasteiger charge is 1.99. The topological polar surface area (TPSA) is 54.5 Å². The van der Waals surface area contributed by atoms with Crippen molar-refractivity contribution in [3.05, 3.63) is 30.9 Å². The zero-order chi connectivity index (χ0) is 8.23. The number of aromatic amines is 1. The first-order valence-corrected chi connectivity index (χ1v) is 4.21. The number of hydrogen-bond donors (Lipinski definition) is 1. The van der Waals surface area contributed by atoms with Crippen LogP contribution < -0.4 is 0 Å². The van der Waals surface area contributed by atoms with Gasteiger partial charge in [0.05, 0.1) is 0 Å². The second kappa shape index (κ2) is 3.36. The number of nitrogens with zero attached hydrogens (tertiary/aromatic N) is 3. The molecule has 12 heavy (non-hydrogen) atoms. The number of rotatable bonds is 2. The van der Waals surface area contributed by atoms with Crippen LogP contribution in [0.2, 0.25) is 0 Å². The van der Waals surface area contributed by atoms with Crippen molar-refractivity contribution in [2.75, 3.05) is 0 Å². The van der Waals surface area contributed by atoms with E-state index in [1.807, 2.05) is 0 Å². The van der Waals surface area contributed by atoms with Crippen molar-refractivity contribution in [1.82, 2.24) is 19.9 Å². The molecule has 2 aromatic heterocycles. The van der Waals surface area contributed by atoms with Gasteiger partial charge in [0.15, 0.2) is 10.3 Å². The molecule has 2 aromatic rings. The summed E-state index contributed by atoms with van der Waals surface area (Å²) in [4.78, 5) is 15.1. The molecule has 0 saturated carbocycles. The highest BCUT2D eigenvalue weighted by molar-refractivity contribution is 7.99. The van der Waals surface area contributed by atoms with E-state index in [-0.39, 0.29) is 0 Å². The Morgan fingerprint density at radius 1 is 1.08 bits per heavy atom. The largest absolute Gasteiger partial charge is 0.339 e. The van der Waals surface area contributed by atoms with Gasteiger partial charge in [0.1, 0.15) is 0 Å². The minimum Gasteiger partial charge on any atom is -0.339 e. The van der Waals surface area contributed by atoms with Crippen LogP contribution in [0.3, 0.4) is 0 Å². The van der Waals surface area contributed by atoms with E-state index < -0.39 is 0 Å². The van der Waals surface area contributed by atoms with Gasteiger partial charge in [0.2, 0.25) is 0 Å². The van der Waals surface area contributed by atoms with E-state index in [0.717, 1.165) is 5.16 Å². The van der Waals surface area contributed by atoms with Gasteiger partial charge in [-0.15, -0.1) is 0 Å². The van der Waals surface area contributed by atoms with Gasteiger partial charge in [-0.05, 0) is 17.8 Å². The highest BCUT2D eigenvalue weighted by Crippen LogP contribution is 2.18. The van der Waals surface area contributed by atoms with Crippen molar-refractivity contribution in [3.8, 4) is 0 Å². The van der Waals surface area contributed by atoms with E-state index in [1.54, 1.807) is 30.9 Å². The first-order chi connectivity index (χ1) is 5.95. The highest BCUT2D eigenvalue weighted by atomic mass is 32.2. The van der Waals surface area contributed by atoms with Crippen LogP contribution in [-0.4, -0.2) is 19.9 Å². The molecule has 0 amide bonds. The lowest BCUT2D eigenvalue weighted by Crippen LogP contribution is -1.83. The number of imidazole rings is 1. The number of H-pyrrole nitrogens is 1. The Balaban J connectivity index is 2.15. The monoisotopic (exact) mass is 178 g/mol. The number of hydrogen-bond acceptors (Lipinski definition) is 4. The van der Waals surface area contributed by atoms with Crippen LogP contribution in [0.5, 0.6) is 0 Å². The second-order valence-corrected chi connectivity index (χ2v) is 2.98. The van der Waals surface area contributed by atoms with Crippen molar-refractivity contribution in [3.63, 3.8) is 0 Å². The van der Waals surface area contributed by atoms with Gasteiger partial charge in [0.25, 0.3) is 0 Å². The van der Waals surface area contributed by atoms with E-state index in [2.05, 4.69) is 19.9 Å². The van der Waals surface area contributed by atoms with Gasteiger partial charge in [0, 0.05) is 24.8 Å². The summed E-state index contributed by atoms with van der Waals surface area (Å²) in [5.74, 6) is 0. The summed E-state index contributed by atoms with van der Waals surface area (Å²) >= 11 is 1.41. The lowest BCUT2D eigenvalue weighted by Gasteiger charge is -1.92. The summed E-state index contributed by atoms with van der Waals surface area (Å²) in [7, 11) is 0. The molecule has 1 N–H and O–H groups in total. The molecular formula is C7H6N4S. The third-order valence-electron chi connectivity index (χ3n) is 1.20. The molecule has 0 unspecified atom stereocenters. The molecule has 4 nitrogen and oxygen atoms in total. The third kappa shape index (κ3) is 1.62. The van der Waals surface area contributed by atoms with Crippen LogP contribution in [-0.2, 0) is 0 Å². The quantitative estimate of drug-likeness (QED) is 0.705. The molecule has 0 saturated heterocycles. The Hall–Kier alpha value is -1.36. The lowest BCUT2D eigenvalue weighted by atomic mass is 10.7. The van der Waals surface area contributed by atoms with Gasteiger partial charge >= 0.3 is 0 Å². The molecule has 0 fully saturated rings. The summed E-state index contributed by atoms with van der Waals surface area (Å²) in [5.41, 5.74) is 0. The lowest BCUT2D eigenvalue weighted by molar-refractivity contribution is 0.951. The summed E-state index contributed by atoms with van der Waals surface area (Å²) in [5, 5.41) is 1.51. The molecule has 0 aliphatic rings. The van der Waals surface area contributed by atoms with E-state index in [1.165, 1.54) is 11.8 Å². The normalized spacial score (nSPS) is 10.0. The second-order valence-electron chi connectivity index (χ2n) is 2.03. The first-order valence-electron chi connectivity index (χ1n) is 3.39. The summed E-state index contributed by atoms with van der Waals surface area (Å²) in [6.07, 6.45) is 6.88. The summed E-state index contributed by atoms with van der Waals surface area (Å²) in [6.45, 7) is 0. The van der Waals surface area contributed by atoms with Crippen LogP contribution in [0.4, 0.5) is 0 Å². The maximum Gasteiger partial charge on any atom is 0.195 e. The standard InChI is InChI=1S/C7H6N4S/c1-2-8-6(9-3-1)12-7-10-4-5-11-7/h1-5H,(H,10,11). The molecule has 2 rings (SSSR count). The molecule has 0 atom stereocenters. The van der Waals surface area contributed by atoms with Crippen molar-refractivity contribution < 1.29 is 0 Å². The Labute approximate surface area is 73.5 Å². The van der Waals surface area contributed by atoms with Gasteiger partial charge in [-0.25, -0.2) is 15.0 Å². The van der Waals surface area contributed by atoms with Gasteiger partial charge < -0.3 is 4.98 Å². The number of nitrogens with one attached hydrogen (secondary N) is 1. The van der Waals surface area contributed by atoms with Gasteiger partial charge in [-0.3, -0.25) is 0 Å². The SMILES string of the molecule is c1cnc(Sc2ncc[nH]2)nc1. The molecule has 0 aliphatic heterocycles. The van der Waals surface area contributed by atoms with Crippen molar-refractivity contribution in [1.29, 1.82) is 0 Å². The molecule has 5 heteroatoms. The van der Waals surface area contributed by atoms with E-state index in [4.69, 9.17) is 0 Å². The average Bonchev–Trinajstić information content (AvgIpc) is 2.59. The maximum atomic E-state index is 4.05. The maximum absolute atomic E-state index is 4.05. The third-order valence-corrected chi connectivity index (χ3v) is 2.01. The molecule has 0 spiro atoms. The van der Waals surface area contributed by atoms with Crippen LogP contribution in [0.25, 0.3) is 0 Å². The van der Waals surface area contributed by atoms with Crippen LogP contribution in [0.15, 0.2) is 41.2 Å². The Bertz CT molecular complexity index is 332. The molecule has 0 bridgehead atoms. The van der Waals surface area contributed by atoms with Crippen LogP contribution >= 0.6 is 11.8 Å². The van der Waals surface area contributed by atoms with Crippen molar-refractivity contribution in [2.24, 2.45) is 0 Å². The van der Waals surface area contributed by atoms with Gasteiger partial charge in [-0.1, -0.05) is 0 Å². The predicted octanol–water partition coefficient (Wildman–Crippen LogP) is 1.35. The number of aromatic nitrogens is 4. The van der Waals surface area contributed by atoms with E-state index >= 15 is 0 Å². The predicted molar refractivity (Wildman–Crippen MR) is 44.7 cm³/mol. The molecule has 0 radical (unpaired) electrons. The van der Waals surface area contributed by atoms with Crippen molar-refractivity contribution in [2.45, 2.75) is 10.3 Å². The molecular weight excluding hydrogens is 172 g/mol. The first kappa shape index (κ1) is 7.30. The van der Waals surface area contributed by atoms with Crippen LogP contribution in [0.1, 0.15) is 0 Å².